The first-order chi connectivity index (χ1) is 9.45. The summed E-state index contributed by atoms with van der Waals surface area (Å²) in [5.74, 6) is -0.535. The van der Waals surface area contributed by atoms with Gasteiger partial charge in [0.25, 0.3) is 0 Å². The van der Waals surface area contributed by atoms with Crippen molar-refractivity contribution in [3.63, 3.8) is 0 Å². The fourth-order valence-corrected chi connectivity index (χ4v) is 2.24. The van der Waals surface area contributed by atoms with Crippen LogP contribution in [0, 0.1) is 6.92 Å². The van der Waals surface area contributed by atoms with Gasteiger partial charge >= 0.3 is 5.97 Å². The average Bonchev–Trinajstić information content (AvgIpc) is 2.76. The molecular formula is C12H10Cl3N3O2. The molecule has 0 fully saturated rings. The largest absolute Gasteiger partial charge is 0.461 e. The quantitative estimate of drug-likeness (QED) is 0.634. The van der Waals surface area contributed by atoms with Crippen LogP contribution in [-0.4, -0.2) is 27.6 Å². The molecule has 0 atom stereocenters. The predicted molar refractivity (Wildman–Crippen MR) is 77.1 cm³/mol. The smallest absolute Gasteiger partial charge is 0.360 e. The molecule has 106 valence electrons. The molecule has 0 unspecified atom stereocenters. The summed E-state index contributed by atoms with van der Waals surface area (Å²) in [6.07, 6.45) is 0. The van der Waals surface area contributed by atoms with E-state index in [0.717, 1.165) is 0 Å². The van der Waals surface area contributed by atoms with Gasteiger partial charge in [-0.05, 0) is 26.0 Å². The molecule has 0 aliphatic heterocycles. The van der Waals surface area contributed by atoms with Crippen molar-refractivity contribution in [2.75, 3.05) is 6.61 Å². The second-order valence-corrected chi connectivity index (χ2v) is 5.10. The number of aromatic nitrogens is 3. The zero-order valence-corrected chi connectivity index (χ0v) is 12.9. The molecule has 0 saturated heterocycles. The Morgan fingerprint density at radius 1 is 1.25 bits per heavy atom. The van der Waals surface area contributed by atoms with Crippen LogP contribution < -0.4 is 0 Å². The highest BCUT2D eigenvalue weighted by Crippen LogP contribution is 2.31. The van der Waals surface area contributed by atoms with E-state index in [9.17, 15) is 4.79 Å². The summed E-state index contributed by atoms with van der Waals surface area (Å²) < 4.78 is 6.31. The van der Waals surface area contributed by atoms with Crippen molar-refractivity contribution in [3.05, 3.63) is 38.6 Å². The third kappa shape index (κ3) is 2.75. The lowest BCUT2D eigenvalue weighted by Gasteiger charge is -2.07. The summed E-state index contributed by atoms with van der Waals surface area (Å²) in [6, 6.07) is 3.06. The summed E-state index contributed by atoms with van der Waals surface area (Å²) in [7, 11) is 0. The Bertz CT molecular complexity index is 670. The molecule has 0 amide bonds. The second kappa shape index (κ2) is 5.99. The summed E-state index contributed by atoms with van der Waals surface area (Å²) in [6.45, 7) is 3.66. The first-order valence-corrected chi connectivity index (χ1v) is 6.83. The van der Waals surface area contributed by atoms with Crippen molar-refractivity contribution in [1.82, 2.24) is 15.0 Å². The van der Waals surface area contributed by atoms with Crippen LogP contribution in [-0.2, 0) is 4.74 Å². The summed E-state index contributed by atoms with van der Waals surface area (Å²) in [5, 5.41) is 8.73. The molecule has 1 aromatic carbocycles. The molecule has 5 nitrogen and oxygen atoms in total. The maximum atomic E-state index is 11.7. The van der Waals surface area contributed by atoms with Gasteiger partial charge in [0.1, 0.15) is 0 Å². The van der Waals surface area contributed by atoms with Gasteiger partial charge in [-0.3, -0.25) is 0 Å². The van der Waals surface area contributed by atoms with Crippen LogP contribution in [0.3, 0.4) is 0 Å². The molecule has 0 spiro atoms. The van der Waals surface area contributed by atoms with Crippen molar-refractivity contribution in [3.8, 4) is 5.69 Å². The Hall–Kier alpha value is -1.30. The van der Waals surface area contributed by atoms with E-state index in [2.05, 4.69) is 10.3 Å². The highest BCUT2D eigenvalue weighted by molar-refractivity contribution is 6.43. The van der Waals surface area contributed by atoms with Gasteiger partial charge in [0.05, 0.1) is 33.1 Å². The van der Waals surface area contributed by atoms with Gasteiger partial charge in [-0.25, -0.2) is 9.48 Å². The van der Waals surface area contributed by atoms with E-state index in [1.54, 1.807) is 19.9 Å². The number of benzene rings is 1. The molecule has 0 aliphatic rings. The van der Waals surface area contributed by atoms with Gasteiger partial charge in [0, 0.05) is 0 Å². The third-order valence-corrected chi connectivity index (χ3v) is 3.61. The van der Waals surface area contributed by atoms with Crippen molar-refractivity contribution in [2.24, 2.45) is 0 Å². The lowest BCUT2D eigenvalue weighted by Crippen LogP contribution is -2.08. The van der Waals surface area contributed by atoms with Gasteiger partial charge in [-0.15, -0.1) is 5.10 Å². The normalized spacial score (nSPS) is 10.7. The summed E-state index contributed by atoms with van der Waals surface area (Å²) in [5.41, 5.74) is 1.12. The van der Waals surface area contributed by atoms with Gasteiger partial charge in [-0.1, -0.05) is 40.0 Å². The van der Waals surface area contributed by atoms with E-state index in [-0.39, 0.29) is 12.3 Å². The molecule has 2 aromatic rings. The molecule has 8 heteroatoms. The second-order valence-electron chi connectivity index (χ2n) is 3.87. The number of esters is 1. The van der Waals surface area contributed by atoms with Crippen LogP contribution in [0.5, 0.6) is 0 Å². The third-order valence-electron chi connectivity index (χ3n) is 2.58. The number of ether oxygens (including phenoxy) is 1. The fraction of sp³-hybridized carbons (Fsp3) is 0.250. The maximum Gasteiger partial charge on any atom is 0.360 e. The number of hydrogen-bond acceptors (Lipinski definition) is 4. The Kier molecular flexibility index (Phi) is 4.52. The molecule has 1 heterocycles. The minimum atomic E-state index is -0.535. The Balaban J connectivity index is 2.50. The van der Waals surface area contributed by atoms with Gasteiger partial charge in [0.15, 0.2) is 5.69 Å². The molecule has 20 heavy (non-hydrogen) atoms. The van der Waals surface area contributed by atoms with Crippen molar-refractivity contribution < 1.29 is 9.53 Å². The topological polar surface area (TPSA) is 57.0 Å². The Labute approximate surface area is 130 Å². The van der Waals surface area contributed by atoms with E-state index < -0.39 is 5.97 Å². The predicted octanol–water partition coefficient (Wildman–Crippen LogP) is 3.71. The minimum absolute atomic E-state index is 0.133. The van der Waals surface area contributed by atoms with Crippen LogP contribution in [0.15, 0.2) is 12.1 Å². The number of hydrogen-bond donors (Lipinski definition) is 0. The molecule has 1 aromatic heterocycles. The van der Waals surface area contributed by atoms with Crippen LogP contribution >= 0.6 is 34.8 Å². The Morgan fingerprint density at radius 2 is 1.90 bits per heavy atom. The lowest BCUT2D eigenvalue weighted by molar-refractivity contribution is 0.0518. The molecule has 0 bridgehead atoms. The fourth-order valence-electron chi connectivity index (χ4n) is 1.62. The molecule has 0 aliphatic carbocycles. The van der Waals surface area contributed by atoms with Gasteiger partial charge < -0.3 is 4.74 Å². The zero-order valence-electron chi connectivity index (χ0n) is 10.7. The minimum Gasteiger partial charge on any atom is -0.461 e. The first-order valence-electron chi connectivity index (χ1n) is 5.70. The number of carbonyl (C=O) groups is 1. The summed E-state index contributed by atoms with van der Waals surface area (Å²) in [4.78, 5) is 11.7. The highest BCUT2D eigenvalue weighted by atomic mass is 35.5. The molecule has 0 saturated carbocycles. The highest BCUT2D eigenvalue weighted by Gasteiger charge is 2.20. The van der Waals surface area contributed by atoms with E-state index in [1.165, 1.54) is 10.7 Å². The number of halogens is 3. The van der Waals surface area contributed by atoms with Crippen molar-refractivity contribution in [2.45, 2.75) is 13.8 Å². The Morgan fingerprint density at radius 3 is 2.55 bits per heavy atom. The number of rotatable bonds is 3. The standard InChI is InChI=1S/C12H10Cl3N3O2/c1-3-20-12(19)11-6(2)18(17-16-11)10-5-8(14)7(13)4-9(10)15/h4-5H,3H2,1-2H3. The molecular weight excluding hydrogens is 325 g/mol. The van der Waals surface area contributed by atoms with Crippen LogP contribution in [0.4, 0.5) is 0 Å². The monoisotopic (exact) mass is 333 g/mol. The van der Waals surface area contributed by atoms with Crippen molar-refractivity contribution in [1.29, 1.82) is 0 Å². The van der Waals surface area contributed by atoms with Crippen molar-refractivity contribution >= 4 is 40.8 Å². The van der Waals surface area contributed by atoms with E-state index in [4.69, 9.17) is 39.5 Å². The van der Waals surface area contributed by atoms with E-state index in [0.29, 0.717) is 26.4 Å². The molecule has 0 N–H and O–H groups in total. The lowest BCUT2D eigenvalue weighted by atomic mass is 10.3. The zero-order chi connectivity index (χ0) is 14.9. The maximum absolute atomic E-state index is 11.7. The summed E-state index contributed by atoms with van der Waals surface area (Å²) >= 11 is 17.9. The van der Waals surface area contributed by atoms with Crippen LogP contribution in [0.25, 0.3) is 5.69 Å². The van der Waals surface area contributed by atoms with E-state index >= 15 is 0 Å². The average molecular weight is 335 g/mol. The van der Waals surface area contributed by atoms with Crippen LogP contribution in [0.2, 0.25) is 15.1 Å². The number of nitrogens with zero attached hydrogens (tertiary/aromatic N) is 3. The molecule has 2 rings (SSSR count). The van der Waals surface area contributed by atoms with Crippen LogP contribution in [0.1, 0.15) is 23.1 Å². The van der Waals surface area contributed by atoms with E-state index in [1.807, 2.05) is 0 Å². The number of carbonyl (C=O) groups excluding carboxylic acids is 1. The SMILES string of the molecule is CCOC(=O)c1nnn(-c2cc(Cl)c(Cl)cc2Cl)c1C. The molecule has 0 radical (unpaired) electrons. The van der Waals surface area contributed by atoms with Gasteiger partial charge in [0.2, 0.25) is 0 Å². The first kappa shape index (κ1) is 15.1. The van der Waals surface area contributed by atoms with Gasteiger partial charge in [-0.2, -0.15) is 0 Å².